The Labute approximate surface area is 105 Å². The molecule has 2 heterocycles. The third kappa shape index (κ3) is 1.76. The number of nitrogens with two attached hydrogens (primary N) is 1. The molecule has 1 aromatic carbocycles. The first kappa shape index (κ1) is 10.2. The molecule has 0 saturated heterocycles. The number of anilines is 1. The fourth-order valence-corrected chi connectivity index (χ4v) is 2.08. The van der Waals surface area contributed by atoms with Crippen molar-refractivity contribution in [2.75, 3.05) is 5.73 Å². The van der Waals surface area contributed by atoms with Crippen LogP contribution in [0.5, 0.6) is 0 Å². The van der Waals surface area contributed by atoms with Crippen LogP contribution in [0.25, 0.3) is 22.2 Å². The molecule has 0 aliphatic heterocycles. The lowest BCUT2D eigenvalue weighted by atomic mass is 10.1. The number of hydrogen-bond acceptors (Lipinski definition) is 4. The second-order valence-corrected chi connectivity index (χ2v) is 4.49. The van der Waals surface area contributed by atoms with Gasteiger partial charge in [0, 0.05) is 21.6 Å². The Balaban J connectivity index is 2.39. The minimum Gasteiger partial charge on any atom is -0.368 e. The van der Waals surface area contributed by atoms with Gasteiger partial charge in [-0.1, -0.05) is 15.9 Å². The molecule has 0 unspecified atom stereocenters. The molecule has 3 rings (SSSR count). The van der Waals surface area contributed by atoms with E-state index in [1.54, 1.807) is 12.4 Å². The highest BCUT2D eigenvalue weighted by molar-refractivity contribution is 9.10. The van der Waals surface area contributed by atoms with Crippen molar-refractivity contribution in [3.63, 3.8) is 0 Å². The van der Waals surface area contributed by atoms with Crippen molar-refractivity contribution in [2.45, 2.75) is 0 Å². The maximum absolute atomic E-state index is 5.70. The Hall–Kier alpha value is -1.95. The van der Waals surface area contributed by atoms with Gasteiger partial charge in [0.2, 0.25) is 5.95 Å². The van der Waals surface area contributed by atoms with E-state index >= 15 is 0 Å². The molecule has 0 radical (unpaired) electrons. The Morgan fingerprint density at radius 3 is 2.88 bits per heavy atom. The minimum absolute atomic E-state index is 0.260. The van der Waals surface area contributed by atoms with Gasteiger partial charge in [0.15, 0.2) is 0 Å². The molecule has 0 bridgehead atoms. The van der Waals surface area contributed by atoms with Gasteiger partial charge in [0.05, 0.1) is 17.4 Å². The number of rotatable bonds is 1. The zero-order valence-electron chi connectivity index (χ0n) is 8.68. The van der Waals surface area contributed by atoms with Crippen molar-refractivity contribution in [1.29, 1.82) is 0 Å². The van der Waals surface area contributed by atoms with E-state index in [-0.39, 0.29) is 5.95 Å². The number of hydrogen-bond donors (Lipinski definition) is 2. The number of halogens is 1. The summed E-state index contributed by atoms with van der Waals surface area (Å²) in [6.07, 6.45) is 3.49. The molecule has 3 aromatic rings. The van der Waals surface area contributed by atoms with E-state index in [1.807, 2.05) is 18.2 Å². The second-order valence-electron chi connectivity index (χ2n) is 3.58. The van der Waals surface area contributed by atoms with Crippen molar-refractivity contribution in [3.05, 3.63) is 35.1 Å². The van der Waals surface area contributed by atoms with Crippen LogP contribution in [0.1, 0.15) is 0 Å². The van der Waals surface area contributed by atoms with E-state index < -0.39 is 0 Å². The van der Waals surface area contributed by atoms with Crippen LogP contribution >= 0.6 is 15.9 Å². The molecule has 84 valence electrons. The highest BCUT2D eigenvalue weighted by atomic mass is 79.9. The third-order valence-electron chi connectivity index (χ3n) is 2.45. The van der Waals surface area contributed by atoms with Crippen LogP contribution < -0.4 is 5.73 Å². The monoisotopic (exact) mass is 289 g/mol. The fraction of sp³-hybridized carbons (Fsp3) is 0. The number of nitrogen functional groups attached to an aromatic ring is 1. The lowest BCUT2D eigenvalue weighted by molar-refractivity contribution is 1.09. The van der Waals surface area contributed by atoms with Crippen molar-refractivity contribution < 1.29 is 0 Å². The van der Waals surface area contributed by atoms with E-state index in [1.165, 1.54) is 0 Å². The molecule has 0 fully saturated rings. The van der Waals surface area contributed by atoms with Crippen molar-refractivity contribution in [2.24, 2.45) is 0 Å². The zero-order chi connectivity index (χ0) is 11.8. The standard InChI is InChI=1S/C11H8BrN5/c12-7-1-2-9-8(3-7)10(17-11(13)16-9)6-4-14-15-5-6/h1-5H,(H,14,15)(H2,13,16,17). The quantitative estimate of drug-likeness (QED) is 0.721. The molecule has 2 aromatic heterocycles. The highest BCUT2D eigenvalue weighted by Crippen LogP contribution is 2.28. The number of nitrogens with zero attached hydrogens (tertiary/aromatic N) is 3. The third-order valence-corrected chi connectivity index (χ3v) is 2.94. The minimum atomic E-state index is 0.260. The summed E-state index contributed by atoms with van der Waals surface area (Å²) in [6.45, 7) is 0. The molecule has 0 spiro atoms. The largest absolute Gasteiger partial charge is 0.368 e. The molecule has 0 aliphatic rings. The number of benzene rings is 1. The van der Waals surface area contributed by atoms with E-state index in [2.05, 4.69) is 36.1 Å². The van der Waals surface area contributed by atoms with E-state index in [4.69, 9.17) is 5.73 Å². The van der Waals surface area contributed by atoms with Crippen LogP contribution in [0.4, 0.5) is 5.95 Å². The van der Waals surface area contributed by atoms with Crippen LogP contribution in [0.15, 0.2) is 35.1 Å². The van der Waals surface area contributed by atoms with Crippen molar-refractivity contribution in [3.8, 4) is 11.3 Å². The highest BCUT2D eigenvalue weighted by Gasteiger charge is 2.09. The number of fused-ring (bicyclic) bond motifs is 1. The van der Waals surface area contributed by atoms with Crippen LogP contribution in [0.3, 0.4) is 0 Å². The summed E-state index contributed by atoms with van der Waals surface area (Å²) in [5, 5.41) is 7.62. The maximum atomic E-state index is 5.70. The fourth-order valence-electron chi connectivity index (χ4n) is 1.72. The number of nitrogens with one attached hydrogen (secondary N) is 1. The zero-order valence-corrected chi connectivity index (χ0v) is 10.3. The van der Waals surface area contributed by atoms with Crippen molar-refractivity contribution >= 4 is 32.8 Å². The molecule has 0 amide bonds. The molecule has 6 heteroatoms. The molecule has 3 N–H and O–H groups in total. The van der Waals surface area contributed by atoms with Gasteiger partial charge in [-0.05, 0) is 18.2 Å². The number of aromatic amines is 1. The van der Waals surface area contributed by atoms with Gasteiger partial charge >= 0.3 is 0 Å². The lowest BCUT2D eigenvalue weighted by Crippen LogP contribution is -1.97. The number of H-pyrrole nitrogens is 1. The summed E-state index contributed by atoms with van der Waals surface area (Å²) in [5.41, 5.74) is 8.19. The summed E-state index contributed by atoms with van der Waals surface area (Å²) in [4.78, 5) is 8.47. The average Bonchev–Trinajstić information content (AvgIpc) is 2.82. The summed E-state index contributed by atoms with van der Waals surface area (Å²) in [5.74, 6) is 0.260. The second kappa shape index (κ2) is 3.81. The summed E-state index contributed by atoms with van der Waals surface area (Å²) in [6, 6.07) is 5.80. The predicted octanol–water partition coefficient (Wildman–Crippen LogP) is 2.36. The van der Waals surface area contributed by atoms with Gasteiger partial charge in [-0.2, -0.15) is 5.10 Å². The molecule has 0 saturated carbocycles. The first-order valence-corrected chi connectivity index (χ1v) is 5.75. The van der Waals surface area contributed by atoms with Crippen LogP contribution in [0.2, 0.25) is 0 Å². The topological polar surface area (TPSA) is 80.5 Å². The molecule has 17 heavy (non-hydrogen) atoms. The first-order chi connectivity index (χ1) is 8.24. The van der Waals surface area contributed by atoms with Gasteiger partial charge in [-0.3, -0.25) is 5.10 Å². The molecule has 0 atom stereocenters. The molecule has 5 nitrogen and oxygen atoms in total. The Morgan fingerprint density at radius 1 is 1.24 bits per heavy atom. The van der Waals surface area contributed by atoms with E-state index in [0.29, 0.717) is 0 Å². The van der Waals surface area contributed by atoms with Crippen LogP contribution in [-0.2, 0) is 0 Å². The lowest BCUT2D eigenvalue weighted by Gasteiger charge is -2.05. The normalized spacial score (nSPS) is 10.9. The first-order valence-electron chi connectivity index (χ1n) is 4.96. The van der Waals surface area contributed by atoms with Gasteiger partial charge in [0.25, 0.3) is 0 Å². The van der Waals surface area contributed by atoms with E-state index in [9.17, 15) is 0 Å². The molecular weight excluding hydrogens is 282 g/mol. The molecule has 0 aliphatic carbocycles. The van der Waals surface area contributed by atoms with Gasteiger partial charge in [-0.25, -0.2) is 9.97 Å². The van der Waals surface area contributed by atoms with Gasteiger partial charge in [0.1, 0.15) is 0 Å². The van der Waals surface area contributed by atoms with Crippen LogP contribution in [0, 0.1) is 0 Å². The number of aromatic nitrogens is 4. The summed E-state index contributed by atoms with van der Waals surface area (Å²) < 4.78 is 0.975. The van der Waals surface area contributed by atoms with Gasteiger partial charge in [-0.15, -0.1) is 0 Å². The SMILES string of the molecule is Nc1nc(-c2cn[nH]c2)c2cc(Br)ccc2n1. The van der Waals surface area contributed by atoms with E-state index in [0.717, 1.165) is 26.6 Å². The average molecular weight is 290 g/mol. The van der Waals surface area contributed by atoms with Crippen LogP contribution in [-0.4, -0.2) is 20.2 Å². The smallest absolute Gasteiger partial charge is 0.221 e. The maximum Gasteiger partial charge on any atom is 0.221 e. The Bertz CT molecular complexity index is 678. The Kier molecular flexibility index (Phi) is 2.29. The predicted molar refractivity (Wildman–Crippen MR) is 69.2 cm³/mol. The molecular formula is C11H8BrN5. The Morgan fingerprint density at radius 2 is 2.12 bits per heavy atom. The van der Waals surface area contributed by atoms with Crippen molar-refractivity contribution in [1.82, 2.24) is 20.2 Å². The van der Waals surface area contributed by atoms with Gasteiger partial charge < -0.3 is 5.73 Å². The summed E-state index contributed by atoms with van der Waals surface area (Å²) in [7, 11) is 0. The summed E-state index contributed by atoms with van der Waals surface area (Å²) >= 11 is 3.44.